The minimum Gasteiger partial charge on any atom is -0.354 e. The van der Waals surface area contributed by atoms with Crippen molar-refractivity contribution in [3.63, 3.8) is 0 Å². The summed E-state index contributed by atoms with van der Waals surface area (Å²) in [4.78, 5) is 32.1. The lowest BCUT2D eigenvalue weighted by molar-refractivity contribution is -0.130. The zero-order chi connectivity index (χ0) is 31.4. The summed E-state index contributed by atoms with van der Waals surface area (Å²) in [6.45, 7) is 8.70. The second-order valence-electron chi connectivity index (χ2n) is 12.0. The zero-order valence-corrected chi connectivity index (χ0v) is 27.1. The highest BCUT2D eigenvalue weighted by Gasteiger charge is 2.33. The molecule has 0 saturated heterocycles. The molecule has 0 aliphatic heterocycles. The lowest BCUT2D eigenvalue weighted by Gasteiger charge is -2.28. The third kappa shape index (κ3) is 9.21. The van der Waals surface area contributed by atoms with Crippen LogP contribution in [0.1, 0.15) is 51.7 Å². The number of hydrogen-bond acceptors (Lipinski definition) is 3. The van der Waals surface area contributed by atoms with Gasteiger partial charge in [-0.25, -0.2) is 0 Å². The van der Waals surface area contributed by atoms with Crippen LogP contribution in [0.3, 0.4) is 0 Å². The van der Waals surface area contributed by atoms with Crippen LogP contribution >= 0.6 is 7.92 Å². The summed E-state index contributed by atoms with van der Waals surface area (Å²) in [5.41, 5.74) is 1.49. The molecule has 44 heavy (non-hydrogen) atoms. The van der Waals surface area contributed by atoms with Crippen LogP contribution in [-0.2, 0) is 16.0 Å². The molecule has 4 aromatic carbocycles. The van der Waals surface area contributed by atoms with Gasteiger partial charge in [-0.3, -0.25) is 14.6 Å². The zero-order valence-electron chi connectivity index (χ0n) is 26.2. The molecule has 0 aliphatic rings. The SMILES string of the molecule is CCCCNC(=O)C(Cc1ccccc1)NC(=O)C(/N=C/c1ccccc1P(c1ccccc1)c1ccccc1)C(C)(C)C. The van der Waals surface area contributed by atoms with Gasteiger partial charge in [0.1, 0.15) is 12.1 Å². The summed E-state index contributed by atoms with van der Waals surface area (Å²) in [5.74, 6) is -0.430. The Morgan fingerprint density at radius 1 is 0.773 bits per heavy atom. The molecule has 4 rings (SSSR count). The van der Waals surface area contributed by atoms with Crippen LogP contribution in [0.2, 0.25) is 0 Å². The van der Waals surface area contributed by atoms with Crippen molar-refractivity contribution in [1.82, 2.24) is 10.6 Å². The smallest absolute Gasteiger partial charge is 0.245 e. The van der Waals surface area contributed by atoms with Crippen LogP contribution in [0, 0.1) is 5.41 Å². The van der Waals surface area contributed by atoms with Crippen molar-refractivity contribution in [2.45, 2.75) is 59.0 Å². The normalized spacial score (nSPS) is 13.0. The predicted molar refractivity (Wildman–Crippen MR) is 186 cm³/mol. The van der Waals surface area contributed by atoms with Crippen LogP contribution in [0.15, 0.2) is 120 Å². The number of nitrogens with one attached hydrogen (secondary N) is 2. The van der Waals surface area contributed by atoms with Crippen molar-refractivity contribution in [2.24, 2.45) is 10.4 Å². The topological polar surface area (TPSA) is 70.6 Å². The molecule has 6 heteroatoms. The molecule has 0 saturated carbocycles. The summed E-state index contributed by atoms with van der Waals surface area (Å²) in [5, 5.41) is 9.74. The van der Waals surface area contributed by atoms with E-state index < -0.39 is 25.4 Å². The third-order valence-corrected chi connectivity index (χ3v) is 9.90. The summed E-state index contributed by atoms with van der Waals surface area (Å²) >= 11 is 0. The van der Waals surface area contributed by atoms with E-state index in [2.05, 4.69) is 84.3 Å². The molecule has 0 spiro atoms. The van der Waals surface area contributed by atoms with Gasteiger partial charge in [0.2, 0.25) is 11.8 Å². The fraction of sp³-hybridized carbons (Fsp3) is 0.289. The highest BCUT2D eigenvalue weighted by Crippen LogP contribution is 2.34. The lowest BCUT2D eigenvalue weighted by Crippen LogP contribution is -2.52. The van der Waals surface area contributed by atoms with Crippen molar-refractivity contribution in [2.75, 3.05) is 6.54 Å². The van der Waals surface area contributed by atoms with Gasteiger partial charge in [-0.1, -0.05) is 149 Å². The first kappa shape index (κ1) is 32.8. The average Bonchev–Trinajstić information content (AvgIpc) is 3.02. The maximum absolute atomic E-state index is 13.9. The van der Waals surface area contributed by atoms with E-state index in [9.17, 15) is 9.59 Å². The van der Waals surface area contributed by atoms with E-state index >= 15 is 0 Å². The molecule has 4 aromatic rings. The molecule has 2 atom stereocenters. The number of hydrogen-bond donors (Lipinski definition) is 2. The Hall–Kier alpha value is -4.08. The van der Waals surface area contributed by atoms with Gasteiger partial charge in [0.25, 0.3) is 0 Å². The van der Waals surface area contributed by atoms with E-state index in [4.69, 9.17) is 4.99 Å². The van der Waals surface area contributed by atoms with Crippen LogP contribution in [0.5, 0.6) is 0 Å². The van der Waals surface area contributed by atoms with Crippen LogP contribution < -0.4 is 26.5 Å². The third-order valence-electron chi connectivity index (χ3n) is 7.38. The van der Waals surface area contributed by atoms with Gasteiger partial charge >= 0.3 is 0 Å². The molecule has 0 aromatic heterocycles. The maximum Gasteiger partial charge on any atom is 0.245 e. The Morgan fingerprint density at radius 3 is 1.89 bits per heavy atom. The molecule has 2 unspecified atom stereocenters. The number of carbonyl (C=O) groups is 2. The largest absolute Gasteiger partial charge is 0.354 e. The Bertz CT molecular complexity index is 1460. The number of nitrogens with zero attached hydrogens (tertiary/aromatic N) is 1. The summed E-state index contributed by atoms with van der Waals surface area (Å²) in [6.07, 6.45) is 4.13. The Balaban J connectivity index is 1.64. The molecule has 2 N–H and O–H groups in total. The quantitative estimate of drug-likeness (QED) is 0.113. The Morgan fingerprint density at radius 2 is 1.32 bits per heavy atom. The van der Waals surface area contributed by atoms with Crippen molar-refractivity contribution >= 4 is 41.9 Å². The minimum absolute atomic E-state index is 0.172. The molecule has 5 nitrogen and oxygen atoms in total. The van der Waals surface area contributed by atoms with Gasteiger partial charge < -0.3 is 10.6 Å². The van der Waals surface area contributed by atoms with Crippen molar-refractivity contribution < 1.29 is 9.59 Å². The first-order chi connectivity index (χ1) is 21.3. The number of unbranched alkanes of at least 4 members (excludes halogenated alkanes) is 1. The molecule has 0 aliphatic carbocycles. The fourth-order valence-corrected chi connectivity index (χ4v) is 7.46. The van der Waals surface area contributed by atoms with E-state index in [0.717, 1.165) is 24.0 Å². The van der Waals surface area contributed by atoms with Gasteiger partial charge in [0.05, 0.1) is 0 Å². The standard InChI is InChI=1S/C38H44N3O2P/c1-5-6-26-39-36(42)33(27-29-18-10-7-11-19-29)41-37(43)35(38(2,3)4)40-28-30-20-16-17-25-34(30)44(31-21-12-8-13-22-31)32-23-14-9-15-24-32/h7-25,28,33,35H,5-6,26-27H2,1-4H3,(H,39,42)(H,41,43)/b40-28+. The highest BCUT2D eigenvalue weighted by atomic mass is 31.1. The van der Waals surface area contributed by atoms with Crippen LogP contribution in [0.4, 0.5) is 0 Å². The molecule has 0 heterocycles. The molecular weight excluding hydrogens is 561 g/mol. The number of carbonyl (C=O) groups excluding carboxylic acids is 2. The Kier molecular flexibility index (Phi) is 12.0. The van der Waals surface area contributed by atoms with Crippen molar-refractivity contribution in [1.29, 1.82) is 0 Å². The molecular formula is C38H44N3O2P. The van der Waals surface area contributed by atoms with E-state index in [1.54, 1.807) is 0 Å². The number of benzene rings is 4. The first-order valence-electron chi connectivity index (χ1n) is 15.4. The summed E-state index contributed by atoms with van der Waals surface area (Å²) < 4.78 is 0. The van der Waals surface area contributed by atoms with Crippen LogP contribution in [-0.4, -0.2) is 36.7 Å². The molecule has 2 amide bonds. The van der Waals surface area contributed by atoms with Gasteiger partial charge in [0, 0.05) is 24.7 Å². The second kappa shape index (κ2) is 16.1. The van der Waals surface area contributed by atoms with Gasteiger partial charge in [-0.15, -0.1) is 0 Å². The maximum atomic E-state index is 13.9. The molecule has 0 bridgehead atoms. The Labute approximate surface area is 264 Å². The lowest BCUT2D eigenvalue weighted by atomic mass is 9.86. The van der Waals surface area contributed by atoms with E-state index in [-0.39, 0.29) is 11.8 Å². The first-order valence-corrected chi connectivity index (χ1v) is 16.8. The molecule has 0 radical (unpaired) electrons. The van der Waals surface area contributed by atoms with Crippen molar-refractivity contribution in [3.8, 4) is 0 Å². The average molecular weight is 606 g/mol. The summed E-state index contributed by atoms with van der Waals surface area (Å²) in [6, 6.07) is 37.8. The number of aliphatic imine (C=N–C) groups is 1. The van der Waals surface area contributed by atoms with Gasteiger partial charge in [-0.2, -0.15) is 0 Å². The second-order valence-corrected chi connectivity index (χ2v) is 14.2. The van der Waals surface area contributed by atoms with Crippen molar-refractivity contribution in [3.05, 3.63) is 126 Å². The summed E-state index contributed by atoms with van der Waals surface area (Å²) in [7, 11) is -0.844. The fourth-order valence-electron chi connectivity index (χ4n) is 5.04. The molecule has 228 valence electrons. The van der Waals surface area contributed by atoms with Gasteiger partial charge in [0.15, 0.2) is 0 Å². The monoisotopic (exact) mass is 605 g/mol. The highest BCUT2D eigenvalue weighted by molar-refractivity contribution is 7.80. The minimum atomic E-state index is -0.844. The van der Waals surface area contributed by atoms with Gasteiger partial charge in [-0.05, 0) is 41.2 Å². The van der Waals surface area contributed by atoms with E-state index in [1.807, 2.05) is 75.5 Å². The molecule has 0 fully saturated rings. The van der Waals surface area contributed by atoms with E-state index in [0.29, 0.717) is 13.0 Å². The van der Waals surface area contributed by atoms with Crippen LogP contribution in [0.25, 0.3) is 0 Å². The van der Waals surface area contributed by atoms with E-state index in [1.165, 1.54) is 15.9 Å². The number of rotatable bonds is 13. The number of amides is 2. The predicted octanol–water partition coefficient (Wildman–Crippen LogP) is 5.92.